The van der Waals surface area contributed by atoms with Gasteiger partial charge in [-0.15, -0.1) is 0 Å². The van der Waals surface area contributed by atoms with Gasteiger partial charge in [-0.05, 0) is 74.5 Å². The van der Waals surface area contributed by atoms with Crippen LogP contribution in [0.1, 0.15) is 27.8 Å². The molecule has 6 heteroatoms. The molecule has 3 aromatic carbocycles. The maximum absolute atomic E-state index is 9.18. The van der Waals surface area contributed by atoms with Gasteiger partial charge in [-0.25, -0.2) is 0 Å². The maximum Gasteiger partial charge on any atom is 0.134 e. The highest BCUT2D eigenvalue weighted by atomic mass is 16.5. The number of nitrogens with one attached hydrogen (secondary N) is 2. The second kappa shape index (κ2) is 9.00. The summed E-state index contributed by atoms with van der Waals surface area (Å²) < 4.78 is 6.30. The summed E-state index contributed by atoms with van der Waals surface area (Å²) >= 11 is 0. The van der Waals surface area contributed by atoms with Gasteiger partial charge in [0.15, 0.2) is 0 Å². The van der Waals surface area contributed by atoms with Crippen LogP contribution < -0.4 is 21.1 Å². The van der Waals surface area contributed by atoms with E-state index in [0.29, 0.717) is 34.8 Å². The van der Waals surface area contributed by atoms with Crippen LogP contribution in [0, 0.1) is 36.5 Å². The van der Waals surface area contributed by atoms with Crippen molar-refractivity contribution in [3.63, 3.8) is 0 Å². The normalized spacial score (nSPS) is 10.2. The summed E-state index contributed by atoms with van der Waals surface area (Å²) in [4.78, 5) is 0. The Labute approximate surface area is 176 Å². The quantitative estimate of drug-likeness (QED) is 0.512. The number of aryl methyl sites for hydroxylation is 2. The molecule has 0 spiro atoms. The fourth-order valence-corrected chi connectivity index (χ4v) is 3.24. The molecule has 0 aliphatic rings. The molecule has 0 amide bonds. The molecule has 3 rings (SSSR count). The van der Waals surface area contributed by atoms with Crippen molar-refractivity contribution in [3.8, 4) is 23.6 Å². The number of nitrogens with two attached hydrogens (primary N) is 1. The summed E-state index contributed by atoms with van der Waals surface area (Å²) in [7, 11) is 1.86. The lowest BCUT2D eigenvalue weighted by molar-refractivity contribution is 0.467. The van der Waals surface area contributed by atoms with Crippen molar-refractivity contribution in [2.24, 2.45) is 0 Å². The zero-order valence-corrected chi connectivity index (χ0v) is 17.2. The van der Waals surface area contributed by atoms with Crippen LogP contribution >= 0.6 is 0 Å². The van der Waals surface area contributed by atoms with Crippen molar-refractivity contribution >= 4 is 17.1 Å². The summed E-state index contributed by atoms with van der Waals surface area (Å²) in [6.07, 6.45) is 0. The van der Waals surface area contributed by atoms with Crippen LogP contribution in [0.25, 0.3) is 0 Å². The smallest absolute Gasteiger partial charge is 0.134 e. The zero-order valence-electron chi connectivity index (χ0n) is 17.2. The van der Waals surface area contributed by atoms with Crippen LogP contribution in [0.15, 0.2) is 48.5 Å². The van der Waals surface area contributed by atoms with Crippen molar-refractivity contribution in [1.29, 1.82) is 10.5 Å². The number of hydrogen-bond acceptors (Lipinski definition) is 6. The van der Waals surface area contributed by atoms with Crippen LogP contribution in [-0.4, -0.2) is 7.05 Å². The van der Waals surface area contributed by atoms with Gasteiger partial charge in [0.05, 0.1) is 34.6 Å². The summed E-state index contributed by atoms with van der Waals surface area (Å²) in [6, 6.07) is 18.8. The second-order valence-corrected chi connectivity index (χ2v) is 7.04. The molecule has 0 aliphatic carbocycles. The van der Waals surface area contributed by atoms with E-state index in [-0.39, 0.29) is 0 Å². The van der Waals surface area contributed by atoms with Crippen molar-refractivity contribution in [2.45, 2.75) is 20.4 Å². The SMILES string of the molecule is CNCc1cc(N)c(Nc2ccc(C#N)cc2)cc1Oc1c(C)cc(C#N)cc1C. The molecule has 0 aromatic heterocycles. The third-order valence-corrected chi connectivity index (χ3v) is 4.69. The van der Waals surface area contributed by atoms with E-state index in [1.807, 2.05) is 57.3 Å². The lowest BCUT2D eigenvalue weighted by atomic mass is 10.1. The van der Waals surface area contributed by atoms with Crippen LogP contribution in [0.3, 0.4) is 0 Å². The lowest BCUT2D eigenvalue weighted by Gasteiger charge is -2.18. The Hall–Kier alpha value is -4.00. The average Bonchev–Trinajstić information content (AvgIpc) is 2.74. The van der Waals surface area contributed by atoms with Crippen molar-refractivity contribution in [2.75, 3.05) is 18.1 Å². The molecule has 0 heterocycles. The van der Waals surface area contributed by atoms with Crippen LogP contribution in [0.4, 0.5) is 17.1 Å². The summed E-state index contributed by atoms with van der Waals surface area (Å²) in [5, 5.41) is 24.6. The van der Waals surface area contributed by atoms with E-state index in [1.165, 1.54) is 0 Å². The predicted molar refractivity (Wildman–Crippen MR) is 119 cm³/mol. The monoisotopic (exact) mass is 397 g/mol. The third kappa shape index (κ3) is 4.52. The zero-order chi connectivity index (χ0) is 21.7. The van der Waals surface area contributed by atoms with Crippen LogP contribution in [-0.2, 0) is 6.54 Å². The molecular weight excluding hydrogens is 374 g/mol. The minimum Gasteiger partial charge on any atom is -0.456 e. The highest BCUT2D eigenvalue weighted by molar-refractivity contribution is 5.76. The molecule has 30 heavy (non-hydrogen) atoms. The number of nitriles is 2. The van der Waals surface area contributed by atoms with Gasteiger partial charge in [-0.2, -0.15) is 10.5 Å². The van der Waals surface area contributed by atoms with Gasteiger partial charge in [-0.1, -0.05) is 0 Å². The van der Waals surface area contributed by atoms with E-state index in [0.717, 1.165) is 28.1 Å². The molecule has 0 unspecified atom stereocenters. The molecule has 0 fully saturated rings. The van der Waals surface area contributed by atoms with Gasteiger partial charge in [0.2, 0.25) is 0 Å². The number of ether oxygens (including phenoxy) is 1. The van der Waals surface area contributed by atoms with Gasteiger partial charge in [0, 0.05) is 23.9 Å². The molecule has 0 aliphatic heterocycles. The molecule has 0 atom stereocenters. The number of nitrogens with zero attached hydrogens (tertiary/aromatic N) is 2. The van der Waals surface area contributed by atoms with Gasteiger partial charge in [0.25, 0.3) is 0 Å². The topological polar surface area (TPSA) is 107 Å². The van der Waals surface area contributed by atoms with Crippen molar-refractivity contribution in [1.82, 2.24) is 5.32 Å². The summed E-state index contributed by atoms with van der Waals surface area (Å²) in [6.45, 7) is 4.44. The molecule has 0 radical (unpaired) electrons. The molecule has 3 aromatic rings. The molecular formula is C24H23N5O. The van der Waals surface area contributed by atoms with Crippen molar-refractivity contribution < 1.29 is 4.74 Å². The summed E-state index contributed by atoms with van der Waals surface area (Å²) in [5.74, 6) is 1.39. The Morgan fingerprint density at radius 1 is 0.933 bits per heavy atom. The third-order valence-electron chi connectivity index (χ3n) is 4.69. The number of hydrogen-bond donors (Lipinski definition) is 3. The fraction of sp³-hybridized carbons (Fsp3) is 0.167. The molecule has 4 N–H and O–H groups in total. The molecule has 150 valence electrons. The van der Waals surface area contributed by atoms with Crippen molar-refractivity contribution in [3.05, 3.63) is 76.3 Å². The van der Waals surface area contributed by atoms with E-state index in [1.54, 1.807) is 12.1 Å². The van der Waals surface area contributed by atoms with E-state index in [4.69, 9.17) is 15.7 Å². The minimum absolute atomic E-state index is 0.588. The maximum atomic E-state index is 9.18. The Morgan fingerprint density at radius 3 is 2.13 bits per heavy atom. The van der Waals surface area contributed by atoms with Gasteiger partial charge < -0.3 is 21.1 Å². The number of nitrogen functional groups attached to an aromatic ring is 1. The first-order valence-corrected chi connectivity index (χ1v) is 9.48. The van der Waals surface area contributed by atoms with Gasteiger partial charge in [0.1, 0.15) is 11.5 Å². The summed E-state index contributed by atoms with van der Waals surface area (Å²) in [5.41, 5.74) is 12.3. The van der Waals surface area contributed by atoms with Gasteiger partial charge in [-0.3, -0.25) is 0 Å². The number of anilines is 3. The van der Waals surface area contributed by atoms with E-state index in [2.05, 4.69) is 22.8 Å². The number of benzene rings is 3. The van der Waals surface area contributed by atoms with E-state index in [9.17, 15) is 5.26 Å². The Bertz CT molecular complexity index is 1130. The fourth-order valence-electron chi connectivity index (χ4n) is 3.24. The second-order valence-electron chi connectivity index (χ2n) is 7.04. The Morgan fingerprint density at radius 2 is 1.57 bits per heavy atom. The first-order valence-electron chi connectivity index (χ1n) is 9.48. The first-order chi connectivity index (χ1) is 14.4. The first kappa shape index (κ1) is 20.7. The van der Waals surface area contributed by atoms with E-state index < -0.39 is 0 Å². The van der Waals surface area contributed by atoms with Crippen LogP contribution in [0.5, 0.6) is 11.5 Å². The lowest BCUT2D eigenvalue weighted by Crippen LogP contribution is -2.08. The van der Waals surface area contributed by atoms with Gasteiger partial charge >= 0.3 is 0 Å². The molecule has 0 saturated carbocycles. The van der Waals surface area contributed by atoms with E-state index >= 15 is 0 Å². The number of rotatable bonds is 6. The minimum atomic E-state index is 0.588. The largest absolute Gasteiger partial charge is 0.456 e. The average molecular weight is 397 g/mol. The highest BCUT2D eigenvalue weighted by Crippen LogP contribution is 2.36. The molecule has 0 saturated heterocycles. The Kier molecular flexibility index (Phi) is 6.22. The van der Waals surface area contributed by atoms with Crippen LogP contribution in [0.2, 0.25) is 0 Å². The highest BCUT2D eigenvalue weighted by Gasteiger charge is 2.14. The predicted octanol–water partition coefficient (Wildman–Crippen LogP) is 4.88. The molecule has 0 bridgehead atoms. The molecule has 6 nitrogen and oxygen atoms in total. The Balaban J connectivity index is 1.99. The standard InChI is InChI=1S/C24H23N5O/c1-15-8-18(13-26)9-16(2)24(15)30-23-11-22(21(27)10-19(23)14-28-3)29-20-6-4-17(12-25)5-7-20/h4-11,28-29H,14,27H2,1-3H3.